The Morgan fingerprint density at radius 2 is 1.73 bits per heavy atom. The summed E-state index contributed by atoms with van der Waals surface area (Å²) in [6.45, 7) is 0. The molecule has 60 valence electrons. The summed E-state index contributed by atoms with van der Waals surface area (Å²) in [4.78, 5) is 0. The maximum Gasteiger partial charge on any atom is 0.325 e. The molecule has 3 heteroatoms. The summed E-state index contributed by atoms with van der Waals surface area (Å²) >= 11 is 4.73. The Bertz CT molecular complexity index is 215. The molecule has 0 aromatic heterocycles. The predicted molar refractivity (Wildman–Crippen MR) is 40.9 cm³/mol. The van der Waals surface area contributed by atoms with Crippen molar-refractivity contribution in [2.45, 2.75) is 11.8 Å². The molecule has 0 heterocycles. The molecule has 0 aliphatic carbocycles. The van der Waals surface area contributed by atoms with E-state index < -0.39 is 11.8 Å². The van der Waals surface area contributed by atoms with E-state index in [-0.39, 0.29) is 0 Å². The average Bonchev–Trinajstić information content (AvgIpc) is 1.85. The van der Waals surface area contributed by atoms with Crippen LogP contribution in [0.25, 0.3) is 0 Å². The second-order valence-electron chi connectivity index (χ2n) is 2.28. The molecule has 0 saturated heterocycles. The van der Waals surface area contributed by atoms with E-state index in [1.54, 1.807) is 30.3 Å². The summed E-state index contributed by atoms with van der Waals surface area (Å²) < 4.78 is 24.3. The molecule has 0 unspecified atom stereocenters. The van der Waals surface area contributed by atoms with E-state index in [0.29, 0.717) is 5.56 Å². The zero-order valence-corrected chi connectivity index (χ0v) is 6.48. The highest BCUT2D eigenvalue weighted by atomic mass is 35.5. The monoisotopic (exact) mass is 176 g/mol. The highest BCUT2D eigenvalue weighted by molar-refractivity contribution is 6.21. The molecular weight excluding hydrogens is 170 g/mol. The lowest BCUT2D eigenvalue weighted by Gasteiger charge is -2.06. The van der Waals surface area contributed by atoms with Gasteiger partial charge in [0, 0.05) is 0 Å². The van der Waals surface area contributed by atoms with Crippen LogP contribution in [0.2, 0.25) is 0 Å². The first-order valence-corrected chi connectivity index (χ1v) is 3.56. The van der Waals surface area contributed by atoms with Gasteiger partial charge in [-0.15, -0.1) is 0 Å². The van der Waals surface area contributed by atoms with E-state index in [0.717, 1.165) is 0 Å². The van der Waals surface area contributed by atoms with Gasteiger partial charge in [0.1, 0.15) is 0 Å². The van der Waals surface area contributed by atoms with E-state index in [1.807, 2.05) is 0 Å². The van der Waals surface area contributed by atoms with Crippen LogP contribution < -0.4 is 0 Å². The third-order valence-corrected chi connectivity index (χ3v) is 1.38. The maximum atomic E-state index is 12.2. The molecule has 0 amide bonds. The van der Waals surface area contributed by atoms with Crippen LogP contribution in [0, 0.1) is 0 Å². The highest BCUT2D eigenvalue weighted by Crippen LogP contribution is 2.23. The molecule has 11 heavy (non-hydrogen) atoms. The summed E-state index contributed by atoms with van der Waals surface area (Å²) in [5, 5.41) is -3.12. The SMILES string of the molecule is FC(F)(Cl)Cc1ccccc1. The van der Waals surface area contributed by atoms with Crippen LogP contribution in [0.1, 0.15) is 5.56 Å². The summed E-state index contributed by atoms with van der Waals surface area (Å²) in [6.07, 6.45) is -0.407. The number of benzene rings is 1. The molecule has 1 aromatic rings. The van der Waals surface area contributed by atoms with Gasteiger partial charge >= 0.3 is 5.38 Å². The minimum absolute atomic E-state index is 0.407. The van der Waals surface area contributed by atoms with Crippen molar-refractivity contribution in [3.05, 3.63) is 35.9 Å². The molecule has 0 nitrogen and oxygen atoms in total. The fraction of sp³-hybridized carbons (Fsp3) is 0.250. The molecule has 0 aliphatic heterocycles. The van der Waals surface area contributed by atoms with Crippen molar-refractivity contribution >= 4 is 11.6 Å². The van der Waals surface area contributed by atoms with Crippen molar-refractivity contribution in [3.8, 4) is 0 Å². The van der Waals surface area contributed by atoms with Gasteiger partial charge in [0.15, 0.2) is 0 Å². The first-order chi connectivity index (χ1) is 5.08. The smallest absolute Gasteiger partial charge is 0.188 e. The lowest BCUT2D eigenvalue weighted by atomic mass is 10.2. The van der Waals surface area contributed by atoms with Crippen LogP contribution in [0.5, 0.6) is 0 Å². The number of hydrogen-bond donors (Lipinski definition) is 0. The van der Waals surface area contributed by atoms with Crippen molar-refractivity contribution in [2.24, 2.45) is 0 Å². The van der Waals surface area contributed by atoms with Crippen LogP contribution in [0.4, 0.5) is 8.78 Å². The van der Waals surface area contributed by atoms with Gasteiger partial charge in [0.05, 0.1) is 6.42 Å². The number of rotatable bonds is 2. The Morgan fingerprint density at radius 3 is 2.18 bits per heavy atom. The van der Waals surface area contributed by atoms with Crippen molar-refractivity contribution in [1.82, 2.24) is 0 Å². The molecule has 0 bridgehead atoms. The number of hydrogen-bond acceptors (Lipinski definition) is 0. The number of halogens is 3. The van der Waals surface area contributed by atoms with E-state index >= 15 is 0 Å². The molecular formula is C8H7ClF2. The quantitative estimate of drug-likeness (QED) is 0.608. The normalized spacial score (nSPS) is 11.5. The van der Waals surface area contributed by atoms with Crippen LogP contribution in [0.3, 0.4) is 0 Å². The summed E-state index contributed by atoms with van der Waals surface area (Å²) in [7, 11) is 0. The van der Waals surface area contributed by atoms with Crippen molar-refractivity contribution in [3.63, 3.8) is 0 Å². The molecule has 0 fully saturated rings. The molecule has 0 N–H and O–H groups in total. The van der Waals surface area contributed by atoms with Gasteiger partial charge in [-0.25, -0.2) is 0 Å². The van der Waals surface area contributed by atoms with Gasteiger partial charge < -0.3 is 0 Å². The highest BCUT2D eigenvalue weighted by Gasteiger charge is 2.24. The second-order valence-corrected chi connectivity index (χ2v) is 2.83. The first kappa shape index (κ1) is 8.47. The number of alkyl halides is 3. The largest absolute Gasteiger partial charge is 0.325 e. The molecule has 0 radical (unpaired) electrons. The third-order valence-electron chi connectivity index (χ3n) is 1.25. The molecule has 0 atom stereocenters. The fourth-order valence-corrected chi connectivity index (χ4v) is 0.982. The van der Waals surface area contributed by atoms with Gasteiger partial charge in [-0.05, 0) is 17.2 Å². The van der Waals surface area contributed by atoms with Gasteiger partial charge in [0.25, 0.3) is 0 Å². The molecule has 0 aliphatic rings. The van der Waals surface area contributed by atoms with E-state index in [2.05, 4.69) is 0 Å². The van der Waals surface area contributed by atoms with Gasteiger partial charge in [-0.3, -0.25) is 0 Å². The van der Waals surface area contributed by atoms with Crippen LogP contribution in [-0.2, 0) is 6.42 Å². The minimum atomic E-state index is -3.12. The topological polar surface area (TPSA) is 0 Å². The van der Waals surface area contributed by atoms with Crippen molar-refractivity contribution < 1.29 is 8.78 Å². The fourth-order valence-electron chi connectivity index (χ4n) is 0.827. The van der Waals surface area contributed by atoms with E-state index in [4.69, 9.17) is 11.6 Å². The summed E-state index contributed by atoms with van der Waals surface area (Å²) in [6, 6.07) is 8.43. The minimum Gasteiger partial charge on any atom is -0.188 e. The van der Waals surface area contributed by atoms with Gasteiger partial charge in [-0.2, -0.15) is 8.78 Å². The second kappa shape index (κ2) is 3.18. The standard InChI is InChI=1S/C8H7ClF2/c9-8(10,11)6-7-4-2-1-3-5-7/h1-5H,6H2. The maximum absolute atomic E-state index is 12.2. The van der Waals surface area contributed by atoms with E-state index in [9.17, 15) is 8.78 Å². The molecule has 0 spiro atoms. The summed E-state index contributed by atoms with van der Waals surface area (Å²) in [5.74, 6) is 0. The predicted octanol–water partition coefficient (Wildman–Crippen LogP) is 3.06. The first-order valence-electron chi connectivity index (χ1n) is 3.18. The molecule has 1 rings (SSSR count). The average molecular weight is 177 g/mol. The Morgan fingerprint density at radius 1 is 1.18 bits per heavy atom. The van der Waals surface area contributed by atoms with Crippen molar-refractivity contribution in [2.75, 3.05) is 0 Å². The Labute approximate surface area is 68.8 Å². The molecule has 0 saturated carbocycles. The zero-order valence-electron chi connectivity index (χ0n) is 5.73. The van der Waals surface area contributed by atoms with Crippen LogP contribution in [0.15, 0.2) is 30.3 Å². The Balaban J connectivity index is 2.66. The summed E-state index contributed by atoms with van der Waals surface area (Å²) in [5.41, 5.74) is 0.549. The van der Waals surface area contributed by atoms with Crippen molar-refractivity contribution in [1.29, 1.82) is 0 Å². The van der Waals surface area contributed by atoms with Crippen LogP contribution >= 0.6 is 11.6 Å². The van der Waals surface area contributed by atoms with E-state index in [1.165, 1.54) is 0 Å². The van der Waals surface area contributed by atoms with Gasteiger partial charge in [-0.1, -0.05) is 30.3 Å². The molecule has 1 aromatic carbocycles. The Hall–Kier alpha value is -0.630. The zero-order chi connectivity index (χ0) is 8.32. The Kier molecular flexibility index (Phi) is 2.45. The van der Waals surface area contributed by atoms with Crippen LogP contribution in [-0.4, -0.2) is 5.38 Å². The lowest BCUT2D eigenvalue weighted by Crippen LogP contribution is -2.09. The van der Waals surface area contributed by atoms with Gasteiger partial charge in [0.2, 0.25) is 0 Å². The third kappa shape index (κ3) is 3.33. The lowest BCUT2D eigenvalue weighted by molar-refractivity contribution is 0.0970.